The highest BCUT2D eigenvalue weighted by atomic mass is 127. The average Bonchev–Trinajstić information content (AvgIpc) is 2.39. The number of nitrogen functional groups attached to an aromatic ring is 1. The number of nitrogens with one attached hydrogen (secondary N) is 1. The monoisotopic (exact) mass is 386 g/mol. The molecule has 0 aliphatic carbocycles. The Bertz CT molecular complexity index is 631. The van der Waals surface area contributed by atoms with Crippen molar-refractivity contribution in [1.82, 2.24) is 9.97 Å². The standard InChI is InChI=1S/C14H16FIN4/c1-3-4-12-19-13(17)8(2)14(20-12)18-11-6-5-9(15)7-10(11)16/h5-7H,3-4H2,1-2H3,(H3,17,18,19,20). The fourth-order valence-electron chi connectivity index (χ4n) is 1.76. The van der Waals surface area contributed by atoms with Gasteiger partial charge < -0.3 is 11.1 Å². The van der Waals surface area contributed by atoms with E-state index in [0.29, 0.717) is 11.6 Å². The highest BCUT2D eigenvalue weighted by Crippen LogP contribution is 2.26. The zero-order chi connectivity index (χ0) is 14.7. The molecule has 0 saturated heterocycles. The van der Waals surface area contributed by atoms with Crippen LogP contribution in [0, 0.1) is 16.3 Å². The number of nitrogens with two attached hydrogens (primary N) is 1. The molecule has 106 valence electrons. The molecular weight excluding hydrogens is 370 g/mol. The Labute approximate surface area is 131 Å². The lowest BCUT2D eigenvalue weighted by molar-refractivity contribution is 0.627. The first-order valence-corrected chi connectivity index (χ1v) is 7.44. The largest absolute Gasteiger partial charge is 0.383 e. The molecule has 1 heterocycles. The van der Waals surface area contributed by atoms with E-state index < -0.39 is 0 Å². The molecule has 2 aromatic rings. The maximum Gasteiger partial charge on any atom is 0.139 e. The molecule has 0 unspecified atom stereocenters. The second-order valence-corrected chi connectivity index (χ2v) is 5.66. The third kappa shape index (κ3) is 3.36. The number of nitrogens with zero attached hydrogens (tertiary/aromatic N) is 2. The van der Waals surface area contributed by atoms with Crippen molar-refractivity contribution in [1.29, 1.82) is 0 Å². The maximum absolute atomic E-state index is 13.1. The van der Waals surface area contributed by atoms with Crippen LogP contribution in [0.5, 0.6) is 0 Å². The van der Waals surface area contributed by atoms with Gasteiger partial charge in [-0.3, -0.25) is 0 Å². The first-order chi connectivity index (χ1) is 9.51. The Balaban J connectivity index is 2.37. The summed E-state index contributed by atoms with van der Waals surface area (Å²) in [6.45, 7) is 3.93. The second kappa shape index (κ2) is 6.34. The Morgan fingerprint density at radius 3 is 2.75 bits per heavy atom. The second-order valence-electron chi connectivity index (χ2n) is 4.50. The van der Waals surface area contributed by atoms with Crippen LogP contribution in [0.2, 0.25) is 0 Å². The molecule has 0 atom stereocenters. The third-order valence-corrected chi connectivity index (χ3v) is 3.78. The van der Waals surface area contributed by atoms with Gasteiger partial charge in [-0.1, -0.05) is 6.92 Å². The van der Waals surface area contributed by atoms with E-state index in [1.165, 1.54) is 12.1 Å². The van der Waals surface area contributed by atoms with E-state index in [1.807, 2.05) is 6.92 Å². The van der Waals surface area contributed by atoms with E-state index in [-0.39, 0.29) is 5.82 Å². The summed E-state index contributed by atoms with van der Waals surface area (Å²) in [6, 6.07) is 4.57. The quantitative estimate of drug-likeness (QED) is 0.785. The number of rotatable bonds is 4. The normalized spacial score (nSPS) is 10.6. The van der Waals surface area contributed by atoms with E-state index in [9.17, 15) is 4.39 Å². The van der Waals surface area contributed by atoms with Gasteiger partial charge in [0.2, 0.25) is 0 Å². The number of aryl methyl sites for hydroxylation is 1. The number of halogens is 2. The van der Waals surface area contributed by atoms with Crippen LogP contribution in [-0.4, -0.2) is 9.97 Å². The van der Waals surface area contributed by atoms with Gasteiger partial charge in [0.25, 0.3) is 0 Å². The fraction of sp³-hybridized carbons (Fsp3) is 0.286. The first kappa shape index (κ1) is 15.0. The van der Waals surface area contributed by atoms with Crippen molar-refractivity contribution >= 4 is 39.9 Å². The summed E-state index contributed by atoms with van der Waals surface area (Å²) >= 11 is 2.08. The molecule has 3 N–H and O–H groups in total. The van der Waals surface area contributed by atoms with Gasteiger partial charge in [-0.2, -0.15) is 0 Å². The molecule has 20 heavy (non-hydrogen) atoms. The zero-order valence-electron chi connectivity index (χ0n) is 11.4. The van der Waals surface area contributed by atoms with Gasteiger partial charge in [0, 0.05) is 15.6 Å². The number of hydrogen-bond acceptors (Lipinski definition) is 4. The van der Waals surface area contributed by atoms with E-state index in [0.717, 1.165) is 33.5 Å². The van der Waals surface area contributed by atoms with Crippen molar-refractivity contribution in [2.24, 2.45) is 0 Å². The summed E-state index contributed by atoms with van der Waals surface area (Å²) in [5.41, 5.74) is 7.51. The van der Waals surface area contributed by atoms with Crippen LogP contribution in [-0.2, 0) is 6.42 Å². The van der Waals surface area contributed by atoms with Gasteiger partial charge in [0.1, 0.15) is 23.3 Å². The van der Waals surface area contributed by atoms with Crippen LogP contribution in [0.4, 0.5) is 21.7 Å². The van der Waals surface area contributed by atoms with Gasteiger partial charge in [-0.15, -0.1) is 0 Å². The van der Waals surface area contributed by atoms with Gasteiger partial charge in [0.05, 0.1) is 5.69 Å². The Hall–Kier alpha value is -1.44. The Morgan fingerprint density at radius 1 is 1.35 bits per heavy atom. The van der Waals surface area contributed by atoms with E-state index in [4.69, 9.17) is 5.73 Å². The molecule has 1 aromatic carbocycles. The van der Waals surface area contributed by atoms with Crippen molar-refractivity contribution in [2.75, 3.05) is 11.1 Å². The van der Waals surface area contributed by atoms with Crippen molar-refractivity contribution in [3.63, 3.8) is 0 Å². The number of aromatic nitrogens is 2. The summed E-state index contributed by atoms with van der Waals surface area (Å²) < 4.78 is 13.9. The minimum absolute atomic E-state index is 0.259. The van der Waals surface area contributed by atoms with Crippen molar-refractivity contribution < 1.29 is 4.39 Å². The molecule has 1 aromatic heterocycles. The summed E-state index contributed by atoms with van der Waals surface area (Å²) in [5.74, 6) is 1.61. The minimum Gasteiger partial charge on any atom is -0.383 e. The average molecular weight is 386 g/mol. The lowest BCUT2D eigenvalue weighted by Crippen LogP contribution is -2.07. The minimum atomic E-state index is -0.259. The molecular formula is C14H16FIN4. The Kier molecular flexibility index (Phi) is 4.74. The van der Waals surface area contributed by atoms with Gasteiger partial charge in [-0.05, 0) is 54.1 Å². The first-order valence-electron chi connectivity index (χ1n) is 6.36. The lowest BCUT2D eigenvalue weighted by Gasteiger charge is -2.13. The summed E-state index contributed by atoms with van der Waals surface area (Å²) in [7, 11) is 0. The molecule has 0 bridgehead atoms. The number of anilines is 3. The summed E-state index contributed by atoms with van der Waals surface area (Å²) in [6.07, 6.45) is 1.73. The molecule has 0 aliphatic rings. The number of hydrogen-bond donors (Lipinski definition) is 2. The van der Waals surface area contributed by atoms with Gasteiger partial charge in [-0.25, -0.2) is 14.4 Å². The molecule has 0 fully saturated rings. The summed E-state index contributed by atoms with van der Waals surface area (Å²) in [4.78, 5) is 8.75. The topological polar surface area (TPSA) is 63.8 Å². The van der Waals surface area contributed by atoms with Crippen molar-refractivity contribution in [3.05, 3.63) is 39.0 Å². The van der Waals surface area contributed by atoms with Crippen LogP contribution in [0.15, 0.2) is 18.2 Å². The molecule has 0 saturated carbocycles. The molecule has 0 radical (unpaired) electrons. The third-order valence-electron chi connectivity index (χ3n) is 2.89. The van der Waals surface area contributed by atoms with Crippen LogP contribution >= 0.6 is 22.6 Å². The van der Waals surface area contributed by atoms with Crippen LogP contribution in [0.1, 0.15) is 24.7 Å². The lowest BCUT2D eigenvalue weighted by atomic mass is 10.2. The zero-order valence-corrected chi connectivity index (χ0v) is 13.5. The van der Waals surface area contributed by atoms with E-state index in [1.54, 1.807) is 6.07 Å². The van der Waals surface area contributed by atoms with Crippen LogP contribution in [0.3, 0.4) is 0 Å². The highest BCUT2D eigenvalue weighted by molar-refractivity contribution is 14.1. The smallest absolute Gasteiger partial charge is 0.139 e. The van der Waals surface area contributed by atoms with E-state index in [2.05, 4.69) is 44.8 Å². The summed E-state index contributed by atoms with van der Waals surface area (Å²) in [5, 5.41) is 3.20. The molecule has 0 aliphatic heterocycles. The van der Waals surface area contributed by atoms with E-state index >= 15 is 0 Å². The molecule has 0 amide bonds. The fourth-order valence-corrected chi connectivity index (χ4v) is 2.37. The molecule has 0 spiro atoms. The van der Waals surface area contributed by atoms with Gasteiger partial charge >= 0.3 is 0 Å². The number of benzene rings is 1. The molecule has 6 heteroatoms. The van der Waals surface area contributed by atoms with Gasteiger partial charge in [0.15, 0.2) is 0 Å². The molecule has 2 rings (SSSR count). The SMILES string of the molecule is CCCc1nc(N)c(C)c(Nc2ccc(F)cc2I)n1. The van der Waals surface area contributed by atoms with Crippen molar-refractivity contribution in [2.45, 2.75) is 26.7 Å². The predicted octanol–water partition coefficient (Wildman–Crippen LogP) is 3.81. The predicted molar refractivity (Wildman–Crippen MR) is 87.6 cm³/mol. The van der Waals surface area contributed by atoms with Crippen LogP contribution < -0.4 is 11.1 Å². The van der Waals surface area contributed by atoms with Crippen LogP contribution in [0.25, 0.3) is 0 Å². The Morgan fingerprint density at radius 2 is 2.10 bits per heavy atom. The highest BCUT2D eigenvalue weighted by Gasteiger charge is 2.10. The molecule has 4 nitrogen and oxygen atoms in total. The maximum atomic E-state index is 13.1. The van der Waals surface area contributed by atoms with Crippen molar-refractivity contribution in [3.8, 4) is 0 Å².